The van der Waals surface area contributed by atoms with Crippen molar-refractivity contribution in [2.45, 2.75) is 142 Å². The highest BCUT2D eigenvalue weighted by molar-refractivity contribution is 6.01. The Hall–Kier alpha value is -3.08. The molecule has 0 aliphatic heterocycles. The van der Waals surface area contributed by atoms with E-state index in [-0.39, 0.29) is 31.9 Å². The van der Waals surface area contributed by atoms with Crippen LogP contribution in [0.5, 0.6) is 0 Å². The van der Waals surface area contributed by atoms with Crippen molar-refractivity contribution in [3.8, 4) is 0 Å². The summed E-state index contributed by atoms with van der Waals surface area (Å²) in [5.74, 6) is -2.62. The van der Waals surface area contributed by atoms with Crippen molar-refractivity contribution in [3.63, 3.8) is 0 Å². The number of carbonyl (C=O) groups excluding carboxylic acids is 2. The molecule has 0 aromatic rings. The molecule has 642 valence electrons. The molecule has 0 heterocycles. The molecule has 5 N–H and O–H groups in total. The molecule has 108 heavy (non-hydrogen) atoms. The average molecular weight is 1570 g/mol. The maximum atomic E-state index is 13.6. The zero-order valence-corrected chi connectivity index (χ0v) is 66.4. The van der Waals surface area contributed by atoms with Crippen molar-refractivity contribution >= 4 is 23.8 Å². The summed E-state index contributed by atoms with van der Waals surface area (Å²) in [7, 11) is 0. The average Bonchev–Trinajstić information content (AvgIpc) is 0.819. The van der Waals surface area contributed by atoms with E-state index in [0.717, 1.165) is 57.8 Å². The fourth-order valence-electron chi connectivity index (χ4n) is 9.90. The first-order valence-corrected chi connectivity index (χ1v) is 40.1. The number of ether oxygens (including phenoxy) is 24. The van der Waals surface area contributed by atoms with Gasteiger partial charge in [-0.3, -0.25) is 19.2 Å². The molecule has 32 heteroatoms. The molecule has 1 unspecified atom stereocenters. The van der Waals surface area contributed by atoms with Crippen LogP contribution in [0.25, 0.3) is 0 Å². The quantitative estimate of drug-likeness (QED) is 0.0380. The van der Waals surface area contributed by atoms with Gasteiger partial charge in [-0.2, -0.15) is 0 Å². The van der Waals surface area contributed by atoms with Gasteiger partial charge in [0.25, 0.3) is 0 Å². The minimum Gasteiger partial charge on any atom is -0.481 e. The van der Waals surface area contributed by atoms with Crippen LogP contribution in [-0.4, -0.2) is 358 Å². The summed E-state index contributed by atoms with van der Waals surface area (Å²) in [4.78, 5) is 47.7. The smallest absolute Gasteiger partial charge is 0.319 e. The summed E-state index contributed by atoms with van der Waals surface area (Å²) >= 11 is 0. The first-order valence-electron chi connectivity index (χ1n) is 40.1. The number of aliphatic carboxylic acids is 2. The van der Waals surface area contributed by atoms with E-state index in [1.807, 2.05) is 0 Å². The number of carbonyl (C=O) groups is 4. The van der Waals surface area contributed by atoms with Crippen molar-refractivity contribution < 1.29 is 143 Å². The normalized spacial score (nSPS) is 12.2. The zero-order valence-electron chi connectivity index (χ0n) is 66.4. The van der Waals surface area contributed by atoms with Crippen LogP contribution in [0.2, 0.25) is 0 Å². The predicted molar refractivity (Wildman–Crippen MR) is 402 cm³/mol. The fourth-order valence-corrected chi connectivity index (χ4v) is 9.90. The lowest BCUT2D eigenvalue weighted by Crippen LogP contribution is -2.47. The minimum absolute atomic E-state index is 0.209. The molecule has 0 bridgehead atoms. The lowest BCUT2D eigenvalue weighted by molar-refractivity contribution is -0.157. The van der Waals surface area contributed by atoms with Crippen molar-refractivity contribution in [2.24, 2.45) is 11.1 Å². The van der Waals surface area contributed by atoms with Gasteiger partial charge >= 0.3 is 11.9 Å². The lowest BCUT2D eigenvalue weighted by atomic mass is 9.76. The fraction of sp³-hybridized carbons (Fsp3) is 0.947. The third-order valence-corrected chi connectivity index (χ3v) is 15.9. The minimum atomic E-state index is -1.46. The van der Waals surface area contributed by atoms with Crippen molar-refractivity contribution in [2.75, 3.05) is 324 Å². The third kappa shape index (κ3) is 83.8. The van der Waals surface area contributed by atoms with Gasteiger partial charge in [0.1, 0.15) is 5.41 Å². The summed E-state index contributed by atoms with van der Waals surface area (Å²) in [6, 6.07) is 0. The Bertz CT molecular complexity index is 1830. The standard InChI is InChI=1S/C76H148N2O30/c1-2-3-4-5-6-8-11-14-17-21-76(75(83)84,22-18-15-12-9-7-10-13-16-19-73(80)81)74(82)78-23-25-86-27-29-88-31-33-90-35-37-92-39-41-94-43-45-96-47-49-98-51-53-100-55-57-102-59-61-104-63-65-106-67-69-108-71-70-107-68-66-105-64-62-103-60-58-101-56-54-99-52-50-97-48-46-95-44-42-93-40-38-91-36-34-89-32-30-87-28-26-85-24-20-72(77)79/h2-71H2,1H3,(H2,77,79)(H,78,82)(H,80,81)(H,83,84). The van der Waals surface area contributed by atoms with E-state index in [0.29, 0.717) is 343 Å². The highest BCUT2D eigenvalue weighted by Crippen LogP contribution is 2.33. The Morgan fingerprint density at radius 3 is 0.602 bits per heavy atom. The van der Waals surface area contributed by atoms with Crippen molar-refractivity contribution in [1.29, 1.82) is 0 Å². The van der Waals surface area contributed by atoms with Gasteiger partial charge in [-0.1, -0.05) is 110 Å². The Morgan fingerprint density at radius 1 is 0.241 bits per heavy atom. The van der Waals surface area contributed by atoms with Crippen LogP contribution < -0.4 is 11.1 Å². The third-order valence-electron chi connectivity index (χ3n) is 15.9. The number of hydrogen-bond acceptors (Lipinski definition) is 28. The van der Waals surface area contributed by atoms with Crippen LogP contribution in [0.4, 0.5) is 0 Å². The molecule has 0 spiro atoms. The van der Waals surface area contributed by atoms with Crippen LogP contribution >= 0.6 is 0 Å². The molecule has 0 saturated carbocycles. The summed E-state index contributed by atoms with van der Waals surface area (Å²) in [6.07, 6.45) is 18.2. The van der Waals surface area contributed by atoms with E-state index < -0.39 is 23.3 Å². The molecule has 2 amide bonds. The number of primary amides is 1. The van der Waals surface area contributed by atoms with Crippen LogP contribution in [0.1, 0.15) is 142 Å². The number of hydrogen-bond donors (Lipinski definition) is 4. The number of carboxylic acids is 2. The number of unbranched alkanes of at least 4 members (excludes halogenated alkanes) is 15. The maximum absolute atomic E-state index is 13.6. The summed E-state index contributed by atoms with van der Waals surface area (Å²) in [5, 5.41) is 22.2. The highest BCUT2D eigenvalue weighted by Gasteiger charge is 2.44. The van der Waals surface area contributed by atoms with Gasteiger partial charge in [0, 0.05) is 19.4 Å². The molecule has 0 aliphatic rings. The molecule has 0 rings (SSSR count). The molecule has 0 radical (unpaired) electrons. The van der Waals surface area contributed by atoms with E-state index in [4.69, 9.17) is 125 Å². The van der Waals surface area contributed by atoms with Gasteiger partial charge < -0.3 is 135 Å². The molecule has 0 saturated heterocycles. The first kappa shape index (κ1) is 105. The highest BCUT2D eigenvalue weighted by atomic mass is 16.6. The van der Waals surface area contributed by atoms with E-state index in [1.54, 1.807) is 0 Å². The summed E-state index contributed by atoms with van der Waals surface area (Å²) in [5.41, 5.74) is 3.58. The van der Waals surface area contributed by atoms with Crippen molar-refractivity contribution in [1.82, 2.24) is 5.32 Å². The summed E-state index contributed by atoms with van der Waals surface area (Å²) < 4.78 is 132. The Balaban J connectivity index is 3.41. The number of nitrogens with two attached hydrogens (primary N) is 1. The Kier molecular flexibility index (Phi) is 88.5. The maximum Gasteiger partial charge on any atom is 0.319 e. The first-order chi connectivity index (χ1) is 53.3. The van der Waals surface area contributed by atoms with Crippen LogP contribution in [0.3, 0.4) is 0 Å². The largest absolute Gasteiger partial charge is 0.481 e. The monoisotopic (exact) mass is 1570 g/mol. The number of nitrogens with one attached hydrogen (secondary N) is 1. The van der Waals surface area contributed by atoms with E-state index in [2.05, 4.69) is 12.2 Å². The van der Waals surface area contributed by atoms with Gasteiger partial charge in [-0.05, 0) is 19.3 Å². The van der Waals surface area contributed by atoms with Gasteiger partial charge in [-0.25, -0.2) is 0 Å². The molecule has 0 aromatic heterocycles. The second-order valence-corrected chi connectivity index (χ2v) is 24.9. The van der Waals surface area contributed by atoms with E-state index in [1.165, 1.54) is 32.1 Å². The Labute approximate surface area is 646 Å². The molecule has 0 aromatic carbocycles. The SMILES string of the molecule is CCCCCCCCCCCC(CCCCCCCCCCC(=O)O)(C(=O)O)C(=O)NCCOCCOCCOCCOCCOCCOCCOCCOCCOCCOCCOCCOCCOCCOCCOCCOCCOCCOCCOCCOCCOCCOCCOCCOCCC(N)=O. The number of carboxylic acid groups (broad SMARTS) is 2. The lowest BCUT2D eigenvalue weighted by Gasteiger charge is -2.28. The summed E-state index contributed by atoms with van der Waals surface area (Å²) in [6.45, 7) is 24.0. The number of amides is 2. The van der Waals surface area contributed by atoms with Gasteiger partial charge in [0.2, 0.25) is 11.8 Å². The second kappa shape index (κ2) is 91.1. The van der Waals surface area contributed by atoms with Gasteiger partial charge in [0.05, 0.1) is 317 Å². The van der Waals surface area contributed by atoms with E-state index >= 15 is 0 Å². The molecule has 1 atom stereocenters. The molecule has 0 fully saturated rings. The van der Waals surface area contributed by atoms with Gasteiger partial charge in [-0.15, -0.1) is 0 Å². The van der Waals surface area contributed by atoms with Crippen molar-refractivity contribution in [3.05, 3.63) is 0 Å². The van der Waals surface area contributed by atoms with E-state index in [9.17, 15) is 24.3 Å². The molecular weight excluding hydrogens is 1420 g/mol. The van der Waals surface area contributed by atoms with Crippen LogP contribution in [0.15, 0.2) is 0 Å². The molecule has 0 aliphatic carbocycles. The Morgan fingerprint density at radius 2 is 0.417 bits per heavy atom. The topological polar surface area (TPSA) is 368 Å². The molecule has 32 nitrogen and oxygen atoms in total. The second-order valence-electron chi connectivity index (χ2n) is 24.9. The van der Waals surface area contributed by atoms with Crippen LogP contribution in [-0.2, 0) is 133 Å². The molecular formula is C76H148N2O30. The van der Waals surface area contributed by atoms with Crippen LogP contribution in [0, 0.1) is 5.41 Å². The zero-order chi connectivity index (χ0) is 78.0. The number of rotatable bonds is 98. The van der Waals surface area contributed by atoms with Gasteiger partial charge in [0.15, 0.2) is 0 Å². The predicted octanol–water partition coefficient (Wildman–Crippen LogP) is 6.35.